The van der Waals surface area contributed by atoms with E-state index in [0.717, 1.165) is 23.6 Å². The van der Waals surface area contributed by atoms with E-state index in [1.165, 1.54) is 0 Å². The Balaban J connectivity index is 1.55. The van der Waals surface area contributed by atoms with Crippen LogP contribution in [0.2, 0.25) is 0 Å². The van der Waals surface area contributed by atoms with E-state index < -0.39 is 10.0 Å². The number of fused-ring (bicyclic) bond motifs is 1. The number of hydrogen-bond acceptors (Lipinski definition) is 4. The molecule has 2 N–H and O–H groups in total. The summed E-state index contributed by atoms with van der Waals surface area (Å²) in [5.74, 6) is -0.336. The van der Waals surface area contributed by atoms with Crippen LogP contribution in [0.1, 0.15) is 23.2 Å². The molecule has 1 saturated heterocycles. The van der Waals surface area contributed by atoms with Gasteiger partial charge in [-0.2, -0.15) is 0 Å². The number of ether oxygens (including phenoxy) is 1. The van der Waals surface area contributed by atoms with Gasteiger partial charge >= 0.3 is 0 Å². The van der Waals surface area contributed by atoms with E-state index in [1.807, 2.05) is 24.3 Å². The fraction of sp³-hybridized carbons (Fsp3) is 0.227. The largest absolute Gasteiger partial charge is 0.376 e. The zero-order valence-corrected chi connectivity index (χ0v) is 16.6. The van der Waals surface area contributed by atoms with Gasteiger partial charge in [0.15, 0.2) is 0 Å². The van der Waals surface area contributed by atoms with Gasteiger partial charge in [0.05, 0.1) is 22.3 Å². The predicted molar refractivity (Wildman–Crippen MR) is 113 cm³/mol. The number of hydrogen-bond donors (Lipinski definition) is 2. The van der Waals surface area contributed by atoms with Crippen LogP contribution in [-0.2, 0) is 14.8 Å². The average Bonchev–Trinajstić information content (AvgIpc) is 3.25. The van der Waals surface area contributed by atoms with Gasteiger partial charge in [-0.3, -0.25) is 9.52 Å². The third-order valence-electron chi connectivity index (χ3n) is 4.96. The summed E-state index contributed by atoms with van der Waals surface area (Å²) in [6.07, 6.45) is 1.92. The highest BCUT2D eigenvalue weighted by molar-refractivity contribution is 7.92. The maximum absolute atomic E-state index is 12.9. The molecule has 1 amide bonds. The summed E-state index contributed by atoms with van der Waals surface area (Å²) in [5, 5.41) is 4.62. The monoisotopic (exact) mass is 410 g/mol. The van der Waals surface area contributed by atoms with Crippen LogP contribution in [0.5, 0.6) is 0 Å². The van der Waals surface area contributed by atoms with Crippen LogP contribution in [0.3, 0.4) is 0 Å². The highest BCUT2D eigenvalue weighted by Gasteiger charge is 2.21. The Morgan fingerprint density at radius 1 is 1.00 bits per heavy atom. The molecule has 6 nitrogen and oxygen atoms in total. The Labute approximate surface area is 169 Å². The van der Waals surface area contributed by atoms with Crippen molar-refractivity contribution in [2.24, 2.45) is 0 Å². The summed E-state index contributed by atoms with van der Waals surface area (Å²) >= 11 is 0. The third-order valence-corrected chi connectivity index (χ3v) is 6.32. The molecule has 3 aromatic carbocycles. The number of sulfonamides is 1. The lowest BCUT2D eigenvalue weighted by atomic mass is 10.1. The molecule has 150 valence electrons. The molecule has 1 fully saturated rings. The second-order valence-corrected chi connectivity index (χ2v) is 8.69. The van der Waals surface area contributed by atoms with E-state index in [2.05, 4.69) is 10.0 Å². The van der Waals surface area contributed by atoms with Gasteiger partial charge < -0.3 is 10.1 Å². The minimum atomic E-state index is -3.85. The number of benzene rings is 3. The van der Waals surface area contributed by atoms with Crippen LogP contribution < -0.4 is 10.0 Å². The van der Waals surface area contributed by atoms with Gasteiger partial charge in [-0.15, -0.1) is 0 Å². The molecule has 0 aromatic heterocycles. The van der Waals surface area contributed by atoms with Crippen molar-refractivity contribution in [3.8, 4) is 0 Å². The lowest BCUT2D eigenvalue weighted by molar-refractivity contribution is 0.0858. The first-order chi connectivity index (χ1) is 14.0. The molecule has 0 radical (unpaired) electrons. The van der Waals surface area contributed by atoms with Crippen molar-refractivity contribution < 1.29 is 17.9 Å². The molecule has 1 heterocycles. The molecule has 4 rings (SSSR count). The normalized spacial score (nSPS) is 16.6. The van der Waals surface area contributed by atoms with Gasteiger partial charge in [-0.25, -0.2) is 8.42 Å². The van der Waals surface area contributed by atoms with E-state index in [0.29, 0.717) is 13.2 Å². The lowest BCUT2D eigenvalue weighted by Crippen LogP contribution is -2.32. The van der Waals surface area contributed by atoms with Gasteiger partial charge in [0.1, 0.15) is 0 Å². The Hall–Kier alpha value is -2.90. The molecule has 7 heteroatoms. The van der Waals surface area contributed by atoms with Crippen molar-refractivity contribution in [2.45, 2.75) is 23.8 Å². The number of para-hydroxylation sites is 1. The van der Waals surface area contributed by atoms with Crippen molar-refractivity contribution in [3.05, 3.63) is 72.3 Å². The summed E-state index contributed by atoms with van der Waals surface area (Å²) in [4.78, 5) is 12.8. The minimum Gasteiger partial charge on any atom is -0.376 e. The molecule has 0 saturated carbocycles. The van der Waals surface area contributed by atoms with Crippen molar-refractivity contribution in [2.75, 3.05) is 17.9 Å². The number of carbonyl (C=O) groups is 1. The van der Waals surface area contributed by atoms with Crippen molar-refractivity contribution in [1.82, 2.24) is 5.32 Å². The zero-order chi connectivity index (χ0) is 20.3. The van der Waals surface area contributed by atoms with Crippen LogP contribution in [0.25, 0.3) is 10.8 Å². The third kappa shape index (κ3) is 4.41. The first-order valence-electron chi connectivity index (χ1n) is 9.53. The first-order valence-corrected chi connectivity index (χ1v) is 11.0. The van der Waals surface area contributed by atoms with E-state index in [4.69, 9.17) is 4.74 Å². The Morgan fingerprint density at radius 3 is 2.55 bits per heavy atom. The highest BCUT2D eigenvalue weighted by atomic mass is 32.2. The first kappa shape index (κ1) is 19.4. The minimum absolute atomic E-state index is 0.0143. The second-order valence-electron chi connectivity index (χ2n) is 7.01. The molecular weight excluding hydrogens is 388 g/mol. The standard InChI is InChI=1S/C22H22N2O4S/c25-22(23-15-18-8-5-13-28-18)20-9-3-4-10-21(20)24-29(26,27)19-12-11-16-6-1-2-7-17(16)14-19/h1-4,6-7,9-12,14,18,24H,5,8,13,15H2,(H,23,25)/t18-/m0/s1. The molecule has 1 aliphatic rings. The Kier molecular flexibility index (Phi) is 5.51. The van der Waals surface area contributed by atoms with Gasteiger partial charge in [-0.1, -0.05) is 42.5 Å². The van der Waals surface area contributed by atoms with E-state index in [9.17, 15) is 13.2 Å². The summed E-state index contributed by atoms with van der Waals surface area (Å²) in [6, 6.07) is 19.1. The maximum atomic E-state index is 12.9. The lowest BCUT2D eigenvalue weighted by Gasteiger charge is -2.15. The van der Waals surface area contributed by atoms with Crippen LogP contribution in [0, 0.1) is 0 Å². The number of amides is 1. The highest BCUT2D eigenvalue weighted by Crippen LogP contribution is 2.23. The number of anilines is 1. The maximum Gasteiger partial charge on any atom is 0.261 e. The summed E-state index contributed by atoms with van der Waals surface area (Å²) < 4.78 is 33.9. The second kappa shape index (κ2) is 8.23. The predicted octanol–water partition coefficient (Wildman–Crippen LogP) is 3.55. The van der Waals surface area contributed by atoms with Gasteiger partial charge in [0.2, 0.25) is 0 Å². The molecule has 3 aromatic rings. The molecule has 29 heavy (non-hydrogen) atoms. The van der Waals surface area contributed by atoms with Crippen LogP contribution >= 0.6 is 0 Å². The fourth-order valence-corrected chi connectivity index (χ4v) is 4.53. The Bertz CT molecular complexity index is 1140. The fourth-order valence-electron chi connectivity index (χ4n) is 3.42. The van der Waals surface area contributed by atoms with Crippen molar-refractivity contribution >= 4 is 32.4 Å². The molecule has 0 aliphatic carbocycles. The Morgan fingerprint density at radius 2 is 1.76 bits per heavy atom. The van der Waals surface area contributed by atoms with Crippen molar-refractivity contribution in [3.63, 3.8) is 0 Å². The smallest absolute Gasteiger partial charge is 0.261 e. The van der Waals surface area contributed by atoms with E-state index in [-0.39, 0.29) is 28.2 Å². The van der Waals surface area contributed by atoms with Crippen molar-refractivity contribution in [1.29, 1.82) is 0 Å². The zero-order valence-electron chi connectivity index (χ0n) is 15.8. The van der Waals surface area contributed by atoms with Crippen LogP contribution in [-0.4, -0.2) is 33.6 Å². The summed E-state index contributed by atoms with van der Waals surface area (Å²) in [7, 11) is -3.85. The average molecular weight is 410 g/mol. The SMILES string of the molecule is O=C(NC[C@@H]1CCCO1)c1ccccc1NS(=O)(=O)c1ccc2ccccc2c1. The number of carbonyl (C=O) groups excluding carboxylic acids is 1. The molecule has 0 spiro atoms. The summed E-state index contributed by atoms with van der Waals surface area (Å²) in [6.45, 7) is 1.12. The molecule has 0 bridgehead atoms. The van der Waals surface area contributed by atoms with Crippen LogP contribution in [0.4, 0.5) is 5.69 Å². The quantitative estimate of drug-likeness (QED) is 0.651. The van der Waals surface area contributed by atoms with Gasteiger partial charge in [-0.05, 0) is 47.9 Å². The molecule has 0 unspecified atom stereocenters. The molecule has 1 atom stereocenters. The van der Waals surface area contributed by atoms with Gasteiger partial charge in [0, 0.05) is 13.2 Å². The topological polar surface area (TPSA) is 84.5 Å². The molecule has 1 aliphatic heterocycles. The molecular formula is C22H22N2O4S. The number of nitrogens with one attached hydrogen (secondary N) is 2. The van der Waals surface area contributed by atoms with Crippen LogP contribution in [0.15, 0.2) is 71.6 Å². The van der Waals surface area contributed by atoms with E-state index >= 15 is 0 Å². The van der Waals surface area contributed by atoms with E-state index in [1.54, 1.807) is 42.5 Å². The number of rotatable bonds is 6. The summed E-state index contributed by atoms with van der Waals surface area (Å²) in [5.41, 5.74) is 0.514. The van der Waals surface area contributed by atoms with Gasteiger partial charge in [0.25, 0.3) is 15.9 Å².